The number of aliphatic hydroxyl groups excluding tert-OH is 1. The maximum Gasteiger partial charge on any atom is 0.421 e. The molecule has 226 valence electrons. The fourth-order valence-corrected chi connectivity index (χ4v) is 4.61. The molecule has 4 heterocycles. The SMILES string of the molecule is C=CC(=O)Nc1cccc(Nc2nc(Nc3ccc(NC4CCN(C(=O)C5COC5)C4)nc3CO)ncc2C(F)(F)F)c1. The van der Waals surface area contributed by atoms with Crippen molar-refractivity contribution in [2.24, 2.45) is 5.92 Å². The van der Waals surface area contributed by atoms with Crippen LogP contribution >= 0.6 is 0 Å². The second kappa shape index (κ2) is 12.6. The summed E-state index contributed by atoms with van der Waals surface area (Å²) < 4.78 is 46.5. The molecule has 0 aliphatic carbocycles. The topological polar surface area (TPSA) is 154 Å². The Bertz CT molecular complexity index is 1520. The van der Waals surface area contributed by atoms with Crippen LogP contribution in [0.5, 0.6) is 0 Å². The molecule has 1 aromatic carbocycles. The Morgan fingerprint density at radius 3 is 2.63 bits per heavy atom. The van der Waals surface area contributed by atoms with E-state index in [1.807, 2.05) is 0 Å². The summed E-state index contributed by atoms with van der Waals surface area (Å²) in [7, 11) is 0. The molecule has 2 aliphatic heterocycles. The lowest BCUT2D eigenvalue weighted by molar-refractivity contribution is -0.148. The highest BCUT2D eigenvalue weighted by Gasteiger charge is 2.36. The van der Waals surface area contributed by atoms with Crippen molar-refractivity contribution in [3.05, 3.63) is 66.5 Å². The number of hydrogen-bond donors (Lipinski definition) is 5. The Labute approximate surface area is 244 Å². The molecule has 2 amide bonds. The van der Waals surface area contributed by atoms with E-state index >= 15 is 0 Å². The number of carbonyl (C=O) groups is 2. The zero-order chi connectivity index (χ0) is 30.6. The molecule has 0 spiro atoms. The van der Waals surface area contributed by atoms with Crippen molar-refractivity contribution in [2.75, 3.05) is 47.6 Å². The van der Waals surface area contributed by atoms with E-state index in [0.29, 0.717) is 49.7 Å². The molecule has 2 aliphatic rings. The summed E-state index contributed by atoms with van der Waals surface area (Å²) in [6.45, 7) is 4.94. The van der Waals surface area contributed by atoms with Crippen LogP contribution in [0.25, 0.3) is 0 Å². The van der Waals surface area contributed by atoms with Gasteiger partial charge in [0.2, 0.25) is 17.8 Å². The standard InChI is InChI=1S/C28H29F3N8O4/c1-2-24(41)34-17-4-3-5-18(10-17)35-25-20(28(29,30)31)11-32-27(38-25)37-21-6-7-23(36-22(21)13-40)33-19-8-9-39(12-19)26(42)16-14-43-15-16/h2-7,10-11,16,19,40H,1,8-9,12-15H2,(H,33,36)(H,34,41)(H2,32,35,37,38). The van der Waals surface area contributed by atoms with Crippen molar-refractivity contribution < 1.29 is 32.6 Å². The maximum atomic E-state index is 13.8. The van der Waals surface area contributed by atoms with E-state index < -0.39 is 30.1 Å². The molecule has 15 heteroatoms. The minimum atomic E-state index is -4.76. The molecular formula is C28H29F3N8O4. The highest BCUT2D eigenvalue weighted by atomic mass is 19.4. The number of alkyl halides is 3. The molecule has 2 saturated heterocycles. The average molecular weight is 599 g/mol. The first-order valence-electron chi connectivity index (χ1n) is 13.4. The first-order chi connectivity index (χ1) is 20.6. The van der Waals surface area contributed by atoms with Gasteiger partial charge in [-0.05, 0) is 42.8 Å². The van der Waals surface area contributed by atoms with Gasteiger partial charge in [-0.15, -0.1) is 0 Å². The lowest BCUT2D eigenvalue weighted by Gasteiger charge is -2.29. The normalized spacial score (nSPS) is 16.7. The molecule has 0 bridgehead atoms. The van der Waals surface area contributed by atoms with Gasteiger partial charge in [0, 0.05) is 36.7 Å². The van der Waals surface area contributed by atoms with Crippen molar-refractivity contribution in [3.63, 3.8) is 0 Å². The van der Waals surface area contributed by atoms with Gasteiger partial charge in [-0.2, -0.15) is 18.2 Å². The number of amides is 2. The number of hydrogen-bond acceptors (Lipinski definition) is 10. The minimum absolute atomic E-state index is 0.0294. The van der Waals surface area contributed by atoms with E-state index in [1.165, 1.54) is 12.1 Å². The fourth-order valence-electron chi connectivity index (χ4n) is 4.61. The van der Waals surface area contributed by atoms with E-state index in [0.717, 1.165) is 12.5 Å². The molecule has 3 aromatic rings. The van der Waals surface area contributed by atoms with Crippen LogP contribution in [0.2, 0.25) is 0 Å². The van der Waals surface area contributed by atoms with Crippen molar-refractivity contribution in [3.8, 4) is 0 Å². The molecular weight excluding hydrogens is 569 g/mol. The number of pyridine rings is 1. The van der Waals surface area contributed by atoms with Crippen LogP contribution in [0.1, 0.15) is 17.7 Å². The van der Waals surface area contributed by atoms with Crippen molar-refractivity contribution in [2.45, 2.75) is 25.2 Å². The van der Waals surface area contributed by atoms with Gasteiger partial charge in [-0.25, -0.2) is 9.97 Å². The van der Waals surface area contributed by atoms with Crippen LogP contribution < -0.4 is 21.3 Å². The van der Waals surface area contributed by atoms with E-state index in [9.17, 15) is 27.9 Å². The highest BCUT2D eigenvalue weighted by Crippen LogP contribution is 2.36. The lowest BCUT2D eigenvalue weighted by atomic mass is 10.1. The number of nitrogens with zero attached hydrogens (tertiary/aromatic N) is 4. The number of halogens is 3. The number of likely N-dealkylation sites (tertiary alicyclic amines) is 1. The third-order valence-corrected chi connectivity index (χ3v) is 6.88. The van der Waals surface area contributed by atoms with E-state index in [4.69, 9.17) is 4.74 Å². The summed E-state index contributed by atoms with van der Waals surface area (Å²) in [6.07, 6.45) is -2.31. The van der Waals surface area contributed by atoms with E-state index in [-0.39, 0.29) is 35.2 Å². The number of rotatable bonds is 10. The Morgan fingerprint density at radius 2 is 1.93 bits per heavy atom. The summed E-state index contributed by atoms with van der Waals surface area (Å²) >= 11 is 0. The summed E-state index contributed by atoms with van der Waals surface area (Å²) in [5.74, 6) is -0.703. The predicted octanol–water partition coefficient (Wildman–Crippen LogP) is 3.65. The van der Waals surface area contributed by atoms with Crippen LogP contribution in [-0.2, 0) is 27.1 Å². The van der Waals surface area contributed by atoms with E-state index in [1.54, 1.807) is 29.2 Å². The Hall–Kier alpha value is -4.76. The summed E-state index contributed by atoms with van der Waals surface area (Å²) in [5, 5.41) is 21.3. The van der Waals surface area contributed by atoms with Gasteiger partial charge in [-0.3, -0.25) is 9.59 Å². The number of benzene rings is 1. The second-order valence-corrected chi connectivity index (χ2v) is 9.98. The number of carbonyl (C=O) groups excluding carboxylic acids is 2. The number of anilines is 6. The number of aromatic nitrogens is 3. The largest absolute Gasteiger partial charge is 0.421 e. The zero-order valence-corrected chi connectivity index (χ0v) is 22.8. The predicted molar refractivity (Wildman–Crippen MR) is 152 cm³/mol. The van der Waals surface area contributed by atoms with Gasteiger partial charge < -0.3 is 36.0 Å². The van der Waals surface area contributed by atoms with Crippen LogP contribution in [0.15, 0.2) is 55.3 Å². The van der Waals surface area contributed by atoms with Gasteiger partial charge in [0.05, 0.1) is 37.1 Å². The monoisotopic (exact) mass is 598 g/mol. The number of aliphatic hydroxyl groups is 1. The van der Waals surface area contributed by atoms with Crippen LogP contribution in [0.4, 0.5) is 47.8 Å². The number of ether oxygens (including phenoxy) is 1. The molecule has 5 rings (SSSR count). The first kappa shape index (κ1) is 29.7. The quantitative estimate of drug-likeness (QED) is 0.219. The van der Waals surface area contributed by atoms with Gasteiger partial charge in [0.1, 0.15) is 17.2 Å². The summed E-state index contributed by atoms with van der Waals surface area (Å²) in [4.78, 5) is 38.2. The zero-order valence-electron chi connectivity index (χ0n) is 22.8. The molecule has 0 saturated carbocycles. The summed E-state index contributed by atoms with van der Waals surface area (Å²) in [5.41, 5.74) is -0.0219. The van der Waals surface area contributed by atoms with Crippen molar-refractivity contribution in [1.82, 2.24) is 19.9 Å². The molecule has 12 nitrogen and oxygen atoms in total. The fraction of sp³-hybridized carbons (Fsp3) is 0.321. The van der Waals surface area contributed by atoms with Crippen molar-refractivity contribution >= 4 is 46.5 Å². The first-order valence-corrected chi connectivity index (χ1v) is 13.4. The van der Waals surface area contributed by atoms with Crippen LogP contribution in [-0.4, -0.2) is 69.1 Å². The molecule has 2 fully saturated rings. The summed E-state index contributed by atoms with van der Waals surface area (Å²) in [6, 6.07) is 9.30. The molecule has 43 heavy (non-hydrogen) atoms. The van der Waals surface area contributed by atoms with Crippen molar-refractivity contribution in [1.29, 1.82) is 0 Å². The Morgan fingerprint density at radius 1 is 1.14 bits per heavy atom. The lowest BCUT2D eigenvalue weighted by Crippen LogP contribution is -2.44. The molecule has 1 atom stereocenters. The smallest absolute Gasteiger partial charge is 0.390 e. The minimum Gasteiger partial charge on any atom is -0.390 e. The van der Waals surface area contributed by atoms with Gasteiger partial charge in [0.15, 0.2) is 0 Å². The molecule has 2 aromatic heterocycles. The average Bonchev–Trinajstić information content (AvgIpc) is 3.41. The third kappa shape index (κ3) is 7.18. The van der Waals surface area contributed by atoms with E-state index in [2.05, 4.69) is 42.8 Å². The maximum absolute atomic E-state index is 13.8. The Kier molecular flexibility index (Phi) is 8.73. The Balaban J connectivity index is 1.30. The van der Waals surface area contributed by atoms with Crippen LogP contribution in [0, 0.1) is 5.92 Å². The van der Waals surface area contributed by atoms with Gasteiger partial charge in [0.25, 0.3) is 0 Å². The van der Waals surface area contributed by atoms with Gasteiger partial charge >= 0.3 is 6.18 Å². The number of nitrogens with one attached hydrogen (secondary N) is 4. The third-order valence-electron chi connectivity index (χ3n) is 6.88. The second-order valence-electron chi connectivity index (χ2n) is 9.98. The van der Waals surface area contributed by atoms with Gasteiger partial charge in [-0.1, -0.05) is 12.6 Å². The van der Waals surface area contributed by atoms with Crippen LogP contribution in [0.3, 0.4) is 0 Å². The molecule has 5 N–H and O–H groups in total. The highest BCUT2D eigenvalue weighted by molar-refractivity contribution is 5.99. The molecule has 1 unspecified atom stereocenters. The molecule has 0 radical (unpaired) electrons.